The highest BCUT2D eigenvalue weighted by molar-refractivity contribution is 5.92. The number of hydrogen-bond donors (Lipinski definition) is 2. The van der Waals surface area contributed by atoms with Crippen molar-refractivity contribution in [2.75, 3.05) is 11.9 Å². The summed E-state index contributed by atoms with van der Waals surface area (Å²) in [4.78, 5) is 22.7. The monoisotopic (exact) mass is 319 g/mol. The van der Waals surface area contributed by atoms with Crippen LogP contribution in [0.15, 0.2) is 24.3 Å². The number of carbonyl (C=O) groups is 2. The molecule has 1 aromatic carbocycles. The SMILES string of the molecule is O=C(O)CCCOc1ccc(NC(=O)C2CCCCCC2)cc1. The molecule has 2 N–H and O–H groups in total. The Morgan fingerprint density at radius 1 is 1.09 bits per heavy atom. The lowest BCUT2D eigenvalue weighted by atomic mass is 9.99. The molecule has 126 valence electrons. The van der Waals surface area contributed by atoms with E-state index >= 15 is 0 Å². The highest BCUT2D eigenvalue weighted by Crippen LogP contribution is 2.24. The van der Waals surface area contributed by atoms with Gasteiger partial charge in [0.05, 0.1) is 6.61 Å². The van der Waals surface area contributed by atoms with E-state index < -0.39 is 5.97 Å². The van der Waals surface area contributed by atoms with Crippen LogP contribution < -0.4 is 10.1 Å². The van der Waals surface area contributed by atoms with Crippen molar-refractivity contribution in [1.29, 1.82) is 0 Å². The lowest BCUT2D eigenvalue weighted by Crippen LogP contribution is -2.22. The van der Waals surface area contributed by atoms with Crippen LogP contribution >= 0.6 is 0 Å². The molecule has 5 nitrogen and oxygen atoms in total. The highest BCUT2D eigenvalue weighted by Gasteiger charge is 2.19. The maximum atomic E-state index is 12.3. The Hall–Kier alpha value is -2.04. The van der Waals surface area contributed by atoms with Gasteiger partial charge in [-0.05, 0) is 43.5 Å². The van der Waals surface area contributed by atoms with Gasteiger partial charge < -0.3 is 15.2 Å². The number of rotatable bonds is 7. The Kier molecular flexibility index (Phi) is 6.91. The Morgan fingerprint density at radius 3 is 2.35 bits per heavy atom. The molecule has 1 aliphatic rings. The molecule has 2 rings (SSSR count). The molecule has 1 fully saturated rings. The second kappa shape index (κ2) is 9.18. The summed E-state index contributed by atoms with van der Waals surface area (Å²) in [5, 5.41) is 11.5. The first-order valence-corrected chi connectivity index (χ1v) is 8.40. The molecule has 1 amide bonds. The predicted octanol–water partition coefficient (Wildman–Crippen LogP) is 3.84. The van der Waals surface area contributed by atoms with E-state index in [2.05, 4.69) is 5.32 Å². The second-order valence-corrected chi connectivity index (χ2v) is 6.05. The summed E-state index contributed by atoms with van der Waals surface area (Å²) < 4.78 is 5.47. The molecule has 0 bridgehead atoms. The molecule has 0 aliphatic heterocycles. The number of carboxylic acids is 1. The first kappa shape index (κ1) is 17.3. The molecule has 1 aliphatic carbocycles. The van der Waals surface area contributed by atoms with Crippen molar-refractivity contribution in [3.63, 3.8) is 0 Å². The second-order valence-electron chi connectivity index (χ2n) is 6.05. The molecule has 0 saturated heterocycles. The minimum absolute atomic E-state index is 0.107. The molecule has 0 atom stereocenters. The maximum Gasteiger partial charge on any atom is 0.303 e. The summed E-state index contributed by atoms with van der Waals surface area (Å²) in [6.45, 7) is 0.375. The number of carboxylic acid groups (broad SMARTS) is 1. The Morgan fingerprint density at radius 2 is 1.74 bits per heavy atom. The first-order chi connectivity index (χ1) is 11.1. The summed E-state index contributed by atoms with van der Waals surface area (Å²) in [6.07, 6.45) is 7.30. The average molecular weight is 319 g/mol. The van der Waals surface area contributed by atoms with Gasteiger partial charge in [0.25, 0.3) is 0 Å². The van der Waals surface area contributed by atoms with Gasteiger partial charge in [0.15, 0.2) is 0 Å². The maximum absolute atomic E-state index is 12.3. The molecule has 23 heavy (non-hydrogen) atoms. The quantitative estimate of drug-likeness (QED) is 0.591. The van der Waals surface area contributed by atoms with E-state index in [1.807, 2.05) is 12.1 Å². The van der Waals surface area contributed by atoms with Crippen LogP contribution in [0.25, 0.3) is 0 Å². The van der Waals surface area contributed by atoms with Crippen molar-refractivity contribution in [2.45, 2.75) is 51.4 Å². The van der Waals surface area contributed by atoms with E-state index in [1.165, 1.54) is 12.8 Å². The smallest absolute Gasteiger partial charge is 0.303 e. The van der Waals surface area contributed by atoms with Gasteiger partial charge in [-0.2, -0.15) is 0 Å². The average Bonchev–Trinajstić information content (AvgIpc) is 2.82. The Labute approximate surface area is 137 Å². The fraction of sp³-hybridized carbons (Fsp3) is 0.556. The third kappa shape index (κ3) is 6.30. The van der Waals surface area contributed by atoms with Gasteiger partial charge >= 0.3 is 5.97 Å². The molecular formula is C18H25NO4. The molecule has 5 heteroatoms. The molecular weight excluding hydrogens is 294 g/mol. The van der Waals surface area contributed by atoms with Crippen molar-refractivity contribution < 1.29 is 19.4 Å². The van der Waals surface area contributed by atoms with Crippen LogP contribution in [0.1, 0.15) is 51.4 Å². The number of anilines is 1. The Bertz CT molecular complexity index is 504. The van der Waals surface area contributed by atoms with E-state index in [4.69, 9.17) is 9.84 Å². The molecule has 0 heterocycles. The first-order valence-electron chi connectivity index (χ1n) is 8.40. The number of hydrogen-bond acceptors (Lipinski definition) is 3. The van der Waals surface area contributed by atoms with Gasteiger partial charge in [0.1, 0.15) is 5.75 Å². The third-order valence-corrected chi connectivity index (χ3v) is 4.15. The van der Waals surface area contributed by atoms with Crippen LogP contribution in [0, 0.1) is 5.92 Å². The van der Waals surface area contributed by atoms with Crippen LogP contribution in [0.3, 0.4) is 0 Å². The number of amides is 1. The zero-order chi connectivity index (χ0) is 16.5. The lowest BCUT2D eigenvalue weighted by molar-refractivity contribution is -0.137. The number of benzene rings is 1. The predicted molar refractivity (Wildman–Crippen MR) is 88.6 cm³/mol. The van der Waals surface area contributed by atoms with Crippen molar-refractivity contribution in [3.8, 4) is 5.75 Å². The van der Waals surface area contributed by atoms with Crippen LogP contribution in [0.5, 0.6) is 5.75 Å². The third-order valence-electron chi connectivity index (χ3n) is 4.15. The largest absolute Gasteiger partial charge is 0.494 e. The van der Waals surface area contributed by atoms with Gasteiger partial charge in [-0.15, -0.1) is 0 Å². The van der Waals surface area contributed by atoms with E-state index in [9.17, 15) is 9.59 Å². The topological polar surface area (TPSA) is 75.6 Å². The van der Waals surface area contributed by atoms with Crippen molar-refractivity contribution in [3.05, 3.63) is 24.3 Å². The van der Waals surface area contributed by atoms with Gasteiger partial charge in [0, 0.05) is 18.0 Å². The van der Waals surface area contributed by atoms with E-state index in [-0.39, 0.29) is 18.2 Å². The van der Waals surface area contributed by atoms with Crippen LogP contribution in [-0.2, 0) is 9.59 Å². The van der Waals surface area contributed by atoms with Gasteiger partial charge in [-0.3, -0.25) is 9.59 Å². The molecule has 0 spiro atoms. The molecule has 0 unspecified atom stereocenters. The van der Waals surface area contributed by atoms with Crippen molar-refractivity contribution >= 4 is 17.6 Å². The molecule has 0 radical (unpaired) electrons. The number of carbonyl (C=O) groups excluding carboxylic acids is 1. The van der Waals surface area contributed by atoms with Crippen LogP contribution in [-0.4, -0.2) is 23.6 Å². The Balaban J connectivity index is 1.77. The van der Waals surface area contributed by atoms with Gasteiger partial charge in [0.2, 0.25) is 5.91 Å². The standard InChI is InChI=1S/C18H25NO4/c20-17(21)8-5-13-23-16-11-9-15(10-12-16)19-18(22)14-6-3-1-2-4-7-14/h9-12,14H,1-8,13H2,(H,19,22)(H,20,21). The van der Waals surface area contributed by atoms with Crippen LogP contribution in [0.2, 0.25) is 0 Å². The van der Waals surface area contributed by atoms with Gasteiger partial charge in [-0.25, -0.2) is 0 Å². The van der Waals surface area contributed by atoms with E-state index in [1.54, 1.807) is 12.1 Å². The zero-order valence-electron chi connectivity index (χ0n) is 13.4. The summed E-state index contributed by atoms with van der Waals surface area (Å²) in [5.41, 5.74) is 0.775. The van der Waals surface area contributed by atoms with E-state index in [0.29, 0.717) is 18.8 Å². The van der Waals surface area contributed by atoms with Crippen molar-refractivity contribution in [1.82, 2.24) is 0 Å². The number of ether oxygens (including phenoxy) is 1. The summed E-state index contributed by atoms with van der Waals surface area (Å²) >= 11 is 0. The fourth-order valence-electron chi connectivity index (χ4n) is 2.83. The number of aliphatic carboxylic acids is 1. The normalized spacial score (nSPS) is 15.7. The molecule has 0 aromatic heterocycles. The zero-order valence-corrected chi connectivity index (χ0v) is 13.4. The molecule has 1 saturated carbocycles. The number of nitrogens with one attached hydrogen (secondary N) is 1. The van der Waals surface area contributed by atoms with E-state index in [0.717, 1.165) is 31.4 Å². The minimum Gasteiger partial charge on any atom is -0.494 e. The highest BCUT2D eigenvalue weighted by atomic mass is 16.5. The lowest BCUT2D eigenvalue weighted by Gasteiger charge is -2.14. The molecule has 1 aromatic rings. The van der Waals surface area contributed by atoms with Crippen LogP contribution in [0.4, 0.5) is 5.69 Å². The van der Waals surface area contributed by atoms with Gasteiger partial charge in [-0.1, -0.05) is 25.7 Å². The summed E-state index contributed by atoms with van der Waals surface area (Å²) in [7, 11) is 0. The summed E-state index contributed by atoms with van der Waals surface area (Å²) in [5.74, 6) is 0.111. The fourth-order valence-corrected chi connectivity index (χ4v) is 2.83. The summed E-state index contributed by atoms with van der Waals surface area (Å²) in [6, 6.07) is 7.23. The van der Waals surface area contributed by atoms with Crippen molar-refractivity contribution in [2.24, 2.45) is 5.92 Å². The minimum atomic E-state index is -0.815.